The van der Waals surface area contributed by atoms with Gasteiger partial charge in [0.1, 0.15) is 36.3 Å². The fourth-order valence-corrected chi connectivity index (χ4v) is 3.09. The van der Waals surface area contributed by atoms with Crippen molar-refractivity contribution in [3.63, 3.8) is 0 Å². The van der Waals surface area contributed by atoms with Crippen molar-refractivity contribution >= 4 is 12.0 Å². The molecule has 2 aliphatic rings. The van der Waals surface area contributed by atoms with E-state index in [0.29, 0.717) is 5.56 Å². The number of rotatable bonds is 7. The monoisotopic (exact) mass is 428 g/mol. The molecular formula is C19H24O11. The molecule has 2 saturated heterocycles. The fourth-order valence-electron chi connectivity index (χ4n) is 3.09. The molecule has 11 heteroatoms. The van der Waals surface area contributed by atoms with Crippen LogP contribution in [0.4, 0.5) is 0 Å². The number of esters is 1. The predicted octanol–water partition coefficient (Wildman–Crippen LogP) is -2.15. The smallest absolute Gasteiger partial charge is 0.331 e. The molecule has 0 amide bonds. The number of aromatic hydroxyl groups is 1. The van der Waals surface area contributed by atoms with Crippen LogP contribution in [0.5, 0.6) is 5.75 Å². The first-order valence-corrected chi connectivity index (χ1v) is 9.23. The molecule has 0 radical (unpaired) electrons. The highest BCUT2D eigenvalue weighted by Crippen LogP contribution is 2.27. The van der Waals surface area contributed by atoms with E-state index in [1.165, 1.54) is 18.2 Å². The zero-order chi connectivity index (χ0) is 21.8. The van der Waals surface area contributed by atoms with Crippen molar-refractivity contribution in [1.29, 1.82) is 0 Å². The zero-order valence-electron chi connectivity index (χ0n) is 15.7. The summed E-state index contributed by atoms with van der Waals surface area (Å²) in [7, 11) is 0. The van der Waals surface area contributed by atoms with E-state index in [1.807, 2.05) is 0 Å². The predicted molar refractivity (Wildman–Crippen MR) is 97.6 cm³/mol. The van der Waals surface area contributed by atoms with Gasteiger partial charge in [-0.15, -0.1) is 0 Å². The molecular weight excluding hydrogens is 404 g/mol. The van der Waals surface area contributed by atoms with Crippen molar-refractivity contribution in [1.82, 2.24) is 0 Å². The van der Waals surface area contributed by atoms with Gasteiger partial charge in [-0.25, -0.2) is 4.79 Å². The SMILES string of the molecule is O=C(/C=C/c1ccc(O)cc1)O[C@H]1[C@H](OC[C@@H]2OC(O)[C@H](O)[C@H]2O)O[C@@H](CO)[C@@H]1O. The van der Waals surface area contributed by atoms with Crippen molar-refractivity contribution in [2.45, 2.75) is 49.2 Å². The van der Waals surface area contributed by atoms with Crippen LogP contribution >= 0.6 is 0 Å². The number of hydrogen-bond acceptors (Lipinski definition) is 11. The molecule has 11 nitrogen and oxygen atoms in total. The van der Waals surface area contributed by atoms with Gasteiger partial charge in [0.2, 0.25) is 0 Å². The van der Waals surface area contributed by atoms with E-state index < -0.39 is 61.8 Å². The molecule has 6 N–H and O–H groups in total. The number of phenolic OH excluding ortho intramolecular Hbond substituents is 1. The number of carbonyl (C=O) groups excluding carboxylic acids is 1. The third kappa shape index (κ3) is 5.14. The number of hydrogen-bond donors (Lipinski definition) is 6. The molecule has 3 rings (SSSR count). The summed E-state index contributed by atoms with van der Waals surface area (Å²) in [5, 5.41) is 57.6. The molecule has 1 aromatic carbocycles. The Labute approximate surface area is 171 Å². The average molecular weight is 428 g/mol. The van der Waals surface area contributed by atoms with Gasteiger partial charge in [0.25, 0.3) is 0 Å². The van der Waals surface area contributed by atoms with E-state index in [2.05, 4.69) is 0 Å². The molecule has 0 aromatic heterocycles. The van der Waals surface area contributed by atoms with Crippen molar-refractivity contribution in [2.24, 2.45) is 0 Å². The highest BCUT2D eigenvalue weighted by Gasteiger charge is 2.48. The van der Waals surface area contributed by atoms with E-state index in [4.69, 9.17) is 18.9 Å². The van der Waals surface area contributed by atoms with E-state index in [0.717, 1.165) is 6.08 Å². The standard InChI is InChI=1S/C19H24O11/c20-7-11-15(24)17(30-13(22)6-3-9-1-4-10(21)5-2-9)19(29-11)27-8-12-14(23)16(25)18(26)28-12/h1-6,11-12,14-21,23-26H,7-8H2/b6-3+/t11-,12-,14-,15-,16+,17+,18?,19+/m0/s1. The van der Waals surface area contributed by atoms with Crippen molar-refractivity contribution in [2.75, 3.05) is 13.2 Å². The van der Waals surface area contributed by atoms with Crippen LogP contribution in [0.2, 0.25) is 0 Å². The number of phenols is 1. The van der Waals surface area contributed by atoms with Crippen LogP contribution < -0.4 is 0 Å². The van der Waals surface area contributed by atoms with Crippen LogP contribution in [0.25, 0.3) is 6.08 Å². The van der Waals surface area contributed by atoms with E-state index in [1.54, 1.807) is 12.1 Å². The van der Waals surface area contributed by atoms with Gasteiger partial charge in [-0.1, -0.05) is 12.1 Å². The summed E-state index contributed by atoms with van der Waals surface area (Å²) in [6.07, 6.45) is -8.03. The Morgan fingerprint density at radius 1 is 1.00 bits per heavy atom. The van der Waals surface area contributed by atoms with Gasteiger partial charge < -0.3 is 49.6 Å². The van der Waals surface area contributed by atoms with E-state index >= 15 is 0 Å². The Balaban J connectivity index is 1.60. The van der Waals surface area contributed by atoms with Crippen molar-refractivity contribution in [3.05, 3.63) is 35.9 Å². The van der Waals surface area contributed by atoms with Gasteiger partial charge in [0.15, 0.2) is 18.7 Å². The first-order chi connectivity index (χ1) is 14.3. The Morgan fingerprint density at radius 2 is 1.70 bits per heavy atom. The minimum absolute atomic E-state index is 0.0763. The van der Waals surface area contributed by atoms with Crippen LogP contribution in [0, 0.1) is 0 Å². The quantitative estimate of drug-likeness (QED) is 0.206. The lowest BCUT2D eigenvalue weighted by Gasteiger charge is -2.22. The lowest BCUT2D eigenvalue weighted by Crippen LogP contribution is -2.40. The molecule has 0 bridgehead atoms. The topological polar surface area (TPSA) is 175 Å². The average Bonchev–Trinajstić information content (AvgIpc) is 3.16. The second kappa shape index (κ2) is 9.81. The molecule has 1 aromatic rings. The molecule has 2 heterocycles. The van der Waals surface area contributed by atoms with Gasteiger partial charge in [-0.2, -0.15) is 0 Å². The van der Waals surface area contributed by atoms with Crippen LogP contribution in [0.15, 0.2) is 30.3 Å². The fraction of sp³-hybridized carbons (Fsp3) is 0.526. The maximum Gasteiger partial charge on any atom is 0.331 e. The lowest BCUT2D eigenvalue weighted by atomic mass is 10.1. The van der Waals surface area contributed by atoms with Gasteiger partial charge in [0.05, 0.1) is 13.2 Å². The second-order valence-electron chi connectivity index (χ2n) is 6.92. The minimum Gasteiger partial charge on any atom is -0.508 e. The molecule has 1 unspecified atom stereocenters. The maximum atomic E-state index is 12.1. The molecule has 166 valence electrons. The maximum absolute atomic E-state index is 12.1. The minimum atomic E-state index is -1.58. The largest absolute Gasteiger partial charge is 0.508 e. The van der Waals surface area contributed by atoms with Crippen LogP contribution in [-0.2, 0) is 23.7 Å². The lowest BCUT2D eigenvalue weighted by molar-refractivity contribution is -0.205. The first kappa shape index (κ1) is 22.6. The summed E-state index contributed by atoms with van der Waals surface area (Å²) in [4.78, 5) is 12.1. The van der Waals surface area contributed by atoms with Gasteiger partial charge in [-0.05, 0) is 23.8 Å². The van der Waals surface area contributed by atoms with Crippen LogP contribution in [0.3, 0.4) is 0 Å². The molecule has 2 fully saturated rings. The number of carbonyl (C=O) groups is 1. The van der Waals surface area contributed by atoms with Crippen molar-refractivity contribution < 1.29 is 54.4 Å². The van der Waals surface area contributed by atoms with Crippen molar-refractivity contribution in [3.8, 4) is 5.75 Å². The summed E-state index contributed by atoms with van der Waals surface area (Å²) in [5.74, 6) is -0.738. The summed E-state index contributed by atoms with van der Waals surface area (Å²) < 4.78 is 20.9. The summed E-state index contributed by atoms with van der Waals surface area (Å²) in [6, 6.07) is 6.05. The molecule has 0 spiro atoms. The Bertz CT molecular complexity index is 737. The second-order valence-corrected chi connectivity index (χ2v) is 6.92. The molecule has 0 aliphatic carbocycles. The number of aliphatic hydroxyl groups is 5. The number of benzene rings is 1. The van der Waals surface area contributed by atoms with E-state index in [9.17, 15) is 35.4 Å². The van der Waals surface area contributed by atoms with Gasteiger partial charge in [-0.3, -0.25) is 0 Å². The van der Waals surface area contributed by atoms with E-state index in [-0.39, 0.29) is 12.4 Å². The Kier molecular flexibility index (Phi) is 7.39. The summed E-state index contributed by atoms with van der Waals surface area (Å²) in [5.41, 5.74) is 0.624. The molecule has 0 saturated carbocycles. The normalized spacial score (nSPS) is 36.4. The van der Waals surface area contributed by atoms with Crippen LogP contribution in [0.1, 0.15) is 5.56 Å². The zero-order valence-corrected chi connectivity index (χ0v) is 15.7. The summed E-state index contributed by atoms with van der Waals surface area (Å²) in [6.45, 7) is -0.902. The highest BCUT2D eigenvalue weighted by atomic mass is 16.7. The van der Waals surface area contributed by atoms with Gasteiger partial charge in [0, 0.05) is 6.08 Å². The molecule has 2 aliphatic heterocycles. The summed E-state index contributed by atoms with van der Waals surface area (Å²) >= 11 is 0. The van der Waals surface area contributed by atoms with Gasteiger partial charge >= 0.3 is 5.97 Å². The number of aliphatic hydroxyl groups excluding tert-OH is 5. The third-order valence-electron chi connectivity index (χ3n) is 4.79. The Morgan fingerprint density at radius 3 is 2.30 bits per heavy atom. The molecule has 30 heavy (non-hydrogen) atoms. The van der Waals surface area contributed by atoms with Crippen LogP contribution in [-0.4, -0.2) is 99.0 Å². The Hall–Kier alpha value is -2.09. The first-order valence-electron chi connectivity index (χ1n) is 9.23. The third-order valence-corrected chi connectivity index (χ3v) is 4.79. The molecule has 8 atom stereocenters. The number of ether oxygens (including phenoxy) is 4. The highest BCUT2D eigenvalue weighted by molar-refractivity contribution is 5.87.